The Balaban J connectivity index is 2.03. The minimum Gasteiger partial charge on any atom is -0.444 e. The molecule has 2 aliphatic rings. The van der Waals surface area contributed by atoms with E-state index in [-0.39, 0.29) is 11.5 Å². The van der Waals surface area contributed by atoms with Crippen molar-refractivity contribution >= 4 is 6.09 Å². The lowest BCUT2D eigenvalue weighted by atomic mass is 9.72. The monoisotopic (exact) mass is 268 g/mol. The summed E-state index contributed by atoms with van der Waals surface area (Å²) >= 11 is 0. The van der Waals surface area contributed by atoms with E-state index in [0.717, 1.165) is 26.1 Å². The second-order valence-corrected chi connectivity index (χ2v) is 7.19. The number of hydrogen-bond acceptors (Lipinski definition) is 3. The summed E-state index contributed by atoms with van der Waals surface area (Å²) in [7, 11) is 0. The fourth-order valence-corrected chi connectivity index (χ4v) is 3.76. The van der Waals surface area contributed by atoms with Crippen molar-refractivity contribution in [3.8, 4) is 0 Å². The molecular weight excluding hydrogens is 240 g/mol. The Morgan fingerprint density at radius 2 is 2.05 bits per heavy atom. The number of nitrogens with zero attached hydrogens (tertiary/aromatic N) is 1. The number of carbonyl (C=O) groups is 1. The lowest BCUT2D eigenvalue weighted by molar-refractivity contribution is -0.00293. The molecule has 0 bridgehead atoms. The van der Waals surface area contributed by atoms with Crippen molar-refractivity contribution in [1.82, 2.24) is 4.90 Å². The molecule has 19 heavy (non-hydrogen) atoms. The van der Waals surface area contributed by atoms with Gasteiger partial charge in [-0.2, -0.15) is 0 Å². The predicted octanol–water partition coefficient (Wildman–Crippen LogP) is 2.76. The highest BCUT2D eigenvalue weighted by Crippen LogP contribution is 2.48. The minimum atomic E-state index is -0.412. The van der Waals surface area contributed by atoms with Crippen LogP contribution in [0.4, 0.5) is 4.79 Å². The second kappa shape index (κ2) is 5.31. The lowest BCUT2D eigenvalue weighted by Gasteiger charge is -2.44. The van der Waals surface area contributed by atoms with Crippen LogP contribution in [0.5, 0.6) is 0 Å². The smallest absolute Gasteiger partial charge is 0.410 e. The van der Waals surface area contributed by atoms with Gasteiger partial charge in [-0.15, -0.1) is 0 Å². The van der Waals surface area contributed by atoms with Crippen LogP contribution in [0.15, 0.2) is 0 Å². The first kappa shape index (κ1) is 14.6. The SMILES string of the molecule is CC(C)(C)OC(=O)N1CCCC2(CCCC2CN)C1. The van der Waals surface area contributed by atoms with Crippen LogP contribution < -0.4 is 5.73 Å². The average Bonchev–Trinajstić information content (AvgIpc) is 2.69. The lowest BCUT2D eigenvalue weighted by Crippen LogP contribution is -2.50. The minimum absolute atomic E-state index is 0.158. The van der Waals surface area contributed by atoms with Crippen LogP contribution in [0.2, 0.25) is 0 Å². The first-order chi connectivity index (χ1) is 8.86. The fourth-order valence-electron chi connectivity index (χ4n) is 3.76. The summed E-state index contributed by atoms with van der Waals surface area (Å²) in [6, 6.07) is 0. The van der Waals surface area contributed by atoms with Gasteiger partial charge in [0.15, 0.2) is 0 Å². The number of carbonyl (C=O) groups excluding carboxylic acids is 1. The predicted molar refractivity (Wildman–Crippen MR) is 75.9 cm³/mol. The van der Waals surface area contributed by atoms with E-state index in [1.54, 1.807) is 0 Å². The summed E-state index contributed by atoms with van der Waals surface area (Å²) in [5.41, 5.74) is 5.78. The third kappa shape index (κ3) is 3.22. The quantitative estimate of drug-likeness (QED) is 0.795. The molecule has 110 valence electrons. The molecule has 0 aromatic carbocycles. The third-order valence-corrected chi connectivity index (χ3v) is 4.64. The van der Waals surface area contributed by atoms with Crippen molar-refractivity contribution in [1.29, 1.82) is 0 Å². The zero-order chi connectivity index (χ0) is 14.1. The molecule has 2 fully saturated rings. The van der Waals surface area contributed by atoms with E-state index in [1.165, 1.54) is 25.7 Å². The number of hydrogen-bond donors (Lipinski definition) is 1. The van der Waals surface area contributed by atoms with E-state index in [1.807, 2.05) is 25.7 Å². The molecule has 1 amide bonds. The van der Waals surface area contributed by atoms with Gasteiger partial charge in [0.25, 0.3) is 0 Å². The van der Waals surface area contributed by atoms with Crippen LogP contribution in [-0.2, 0) is 4.74 Å². The molecule has 1 aliphatic heterocycles. The van der Waals surface area contributed by atoms with Crippen molar-refractivity contribution in [3.63, 3.8) is 0 Å². The summed E-state index contributed by atoms with van der Waals surface area (Å²) in [6.45, 7) is 8.18. The fraction of sp³-hybridized carbons (Fsp3) is 0.933. The number of likely N-dealkylation sites (tertiary alicyclic amines) is 1. The number of ether oxygens (including phenoxy) is 1. The molecule has 1 aliphatic carbocycles. The Bertz CT molecular complexity index is 338. The third-order valence-electron chi connectivity index (χ3n) is 4.64. The van der Waals surface area contributed by atoms with Crippen LogP contribution >= 0.6 is 0 Å². The maximum Gasteiger partial charge on any atom is 0.410 e. The van der Waals surface area contributed by atoms with Crippen LogP contribution in [0.1, 0.15) is 52.9 Å². The van der Waals surface area contributed by atoms with Gasteiger partial charge in [-0.1, -0.05) is 6.42 Å². The maximum atomic E-state index is 12.2. The molecule has 0 aromatic rings. The van der Waals surface area contributed by atoms with Gasteiger partial charge in [0.1, 0.15) is 5.60 Å². The molecule has 0 aromatic heterocycles. The number of nitrogens with two attached hydrogens (primary N) is 1. The molecule has 1 spiro atoms. The number of rotatable bonds is 1. The Morgan fingerprint density at radius 1 is 1.37 bits per heavy atom. The van der Waals surface area contributed by atoms with Gasteiger partial charge in [0.2, 0.25) is 0 Å². The molecule has 0 radical (unpaired) electrons. The molecule has 4 heteroatoms. The van der Waals surface area contributed by atoms with Crippen LogP contribution in [0, 0.1) is 11.3 Å². The maximum absolute atomic E-state index is 12.2. The summed E-state index contributed by atoms with van der Waals surface area (Å²) in [5, 5.41) is 0. The van der Waals surface area contributed by atoms with E-state index in [9.17, 15) is 4.79 Å². The standard InChI is InChI=1S/C15H28N2O2/c1-14(2,3)19-13(18)17-9-5-8-15(11-17)7-4-6-12(15)10-16/h12H,4-11,16H2,1-3H3. The molecule has 2 N–H and O–H groups in total. The van der Waals surface area contributed by atoms with E-state index < -0.39 is 5.60 Å². The van der Waals surface area contributed by atoms with E-state index in [2.05, 4.69) is 0 Å². The van der Waals surface area contributed by atoms with Gasteiger partial charge < -0.3 is 15.4 Å². The second-order valence-electron chi connectivity index (χ2n) is 7.19. The largest absolute Gasteiger partial charge is 0.444 e. The van der Waals surface area contributed by atoms with E-state index in [0.29, 0.717) is 5.92 Å². The highest BCUT2D eigenvalue weighted by Gasteiger charge is 2.46. The molecular formula is C15H28N2O2. The van der Waals surface area contributed by atoms with Gasteiger partial charge in [-0.05, 0) is 64.3 Å². The molecule has 1 saturated heterocycles. The Kier molecular flexibility index (Phi) is 4.09. The van der Waals surface area contributed by atoms with Crippen molar-refractivity contribution in [3.05, 3.63) is 0 Å². The van der Waals surface area contributed by atoms with Gasteiger partial charge >= 0.3 is 6.09 Å². The number of piperidine rings is 1. The van der Waals surface area contributed by atoms with Gasteiger partial charge in [0, 0.05) is 13.1 Å². The zero-order valence-electron chi connectivity index (χ0n) is 12.6. The highest BCUT2D eigenvalue weighted by molar-refractivity contribution is 5.68. The Hall–Kier alpha value is -0.770. The normalized spacial score (nSPS) is 31.8. The number of amides is 1. The first-order valence-electron chi connectivity index (χ1n) is 7.54. The topological polar surface area (TPSA) is 55.6 Å². The summed E-state index contributed by atoms with van der Waals surface area (Å²) < 4.78 is 5.50. The summed E-state index contributed by atoms with van der Waals surface area (Å²) in [5.74, 6) is 0.581. The van der Waals surface area contributed by atoms with Crippen molar-refractivity contribution in [2.75, 3.05) is 19.6 Å². The van der Waals surface area contributed by atoms with E-state index >= 15 is 0 Å². The Labute approximate surface area is 116 Å². The zero-order valence-corrected chi connectivity index (χ0v) is 12.6. The van der Waals surface area contributed by atoms with Crippen LogP contribution in [-0.4, -0.2) is 36.2 Å². The molecule has 1 saturated carbocycles. The van der Waals surface area contributed by atoms with E-state index in [4.69, 9.17) is 10.5 Å². The molecule has 2 atom stereocenters. The Morgan fingerprint density at radius 3 is 2.68 bits per heavy atom. The molecule has 1 heterocycles. The highest BCUT2D eigenvalue weighted by atomic mass is 16.6. The van der Waals surface area contributed by atoms with Crippen molar-refractivity contribution in [2.24, 2.45) is 17.1 Å². The summed E-state index contributed by atoms with van der Waals surface area (Å²) in [6.07, 6.45) is 5.83. The van der Waals surface area contributed by atoms with Crippen molar-refractivity contribution in [2.45, 2.75) is 58.5 Å². The molecule has 4 nitrogen and oxygen atoms in total. The van der Waals surface area contributed by atoms with Crippen LogP contribution in [0.25, 0.3) is 0 Å². The van der Waals surface area contributed by atoms with Crippen LogP contribution in [0.3, 0.4) is 0 Å². The van der Waals surface area contributed by atoms with Gasteiger partial charge in [0.05, 0.1) is 0 Å². The molecule has 2 rings (SSSR count). The van der Waals surface area contributed by atoms with Gasteiger partial charge in [-0.3, -0.25) is 0 Å². The average molecular weight is 268 g/mol. The summed E-state index contributed by atoms with van der Waals surface area (Å²) in [4.78, 5) is 14.1. The molecule has 2 unspecified atom stereocenters. The van der Waals surface area contributed by atoms with Crippen molar-refractivity contribution < 1.29 is 9.53 Å². The van der Waals surface area contributed by atoms with Gasteiger partial charge in [-0.25, -0.2) is 4.79 Å². The first-order valence-corrected chi connectivity index (χ1v) is 7.54.